The summed E-state index contributed by atoms with van der Waals surface area (Å²) in [5.74, 6) is -3.41. The van der Waals surface area contributed by atoms with E-state index in [2.05, 4.69) is 10.1 Å². The highest BCUT2D eigenvalue weighted by molar-refractivity contribution is 5.88. The van der Waals surface area contributed by atoms with Crippen LogP contribution in [0.2, 0.25) is 0 Å². The quantitative estimate of drug-likeness (QED) is 0.674. The molecule has 140 valence electrons. The zero-order valence-corrected chi connectivity index (χ0v) is 15.0. The molecule has 0 saturated heterocycles. The number of hydrogen-bond donors (Lipinski definition) is 1. The fraction of sp³-hybridized carbons (Fsp3) is 0.250. The number of aromatic nitrogens is 3. The Hall–Kier alpha value is -3.09. The van der Waals surface area contributed by atoms with Gasteiger partial charge in [0.25, 0.3) is 5.92 Å². The summed E-state index contributed by atoms with van der Waals surface area (Å²) in [5.41, 5.74) is 2.24. The highest BCUT2D eigenvalue weighted by Crippen LogP contribution is 2.33. The van der Waals surface area contributed by atoms with E-state index in [1.807, 2.05) is 0 Å². The lowest BCUT2D eigenvalue weighted by Gasteiger charge is -2.16. The molecule has 0 fully saturated rings. The van der Waals surface area contributed by atoms with E-state index in [0.29, 0.717) is 23.5 Å². The van der Waals surface area contributed by atoms with Crippen molar-refractivity contribution in [2.24, 2.45) is 0 Å². The molecule has 0 aliphatic rings. The minimum atomic E-state index is -2.84. The van der Waals surface area contributed by atoms with Crippen molar-refractivity contribution < 1.29 is 18.7 Å². The number of nitrogens with zero attached hydrogens (tertiary/aromatic N) is 3. The maximum Gasteiger partial charge on any atom is 0.335 e. The number of aromatic carboxylic acids is 1. The molecule has 3 rings (SSSR count). The van der Waals surface area contributed by atoms with Crippen LogP contribution < -0.4 is 0 Å². The Morgan fingerprint density at radius 3 is 2.48 bits per heavy atom. The first-order valence-electron chi connectivity index (χ1n) is 8.56. The fourth-order valence-corrected chi connectivity index (χ4v) is 2.87. The van der Waals surface area contributed by atoms with E-state index in [0.717, 1.165) is 5.56 Å². The zero-order chi connectivity index (χ0) is 19.6. The van der Waals surface area contributed by atoms with Crippen molar-refractivity contribution in [1.82, 2.24) is 14.8 Å². The number of hydrogen-bond acceptors (Lipinski definition) is 3. The van der Waals surface area contributed by atoms with Crippen LogP contribution >= 0.6 is 0 Å². The normalized spacial score (nSPS) is 11.6. The molecule has 0 amide bonds. The van der Waals surface area contributed by atoms with Crippen LogP contribution in [0.1, 0.15) is 41.3 Å². The highest BCUT2D eigenvalue weighted by Gasteiger charge is 2.29. The van der Waals surface area contributed by atoms with Crippen LogP contribution in [0, 0.1) is 6.92 Å². The Morgan fingerprint density at radius 2 is 1.89 bits per heavy atom. The molecule has 0 bridgehead atoms. The zero-order valence-electron chi connectivity index (χ0n) is 15.0. The van der Waals surface area contributed by atoms with Crippen molar-refractivity contribution in [2.75, 3.05) is 0 Å². The van der Waals surface area contributed by atoms with Crippen molar-refractivity contribution in [1.29, 1.82) is 0 Å². The van der Waals surface area contributed by atoms with Gasteiger partial charge in [0, 0.05) is 17.5 Å². The van der Waals surface area contributed by atoms with Crippen molar-refractivity contribution in [3.8, 4) is 17.1 Å². The topological polar surface area (TPSA) is 68.0 Å². The fourth-order valence-electron chi connectivity index (χ4n) is 2.87. The Morgan fingerprint density at radius 1 is 1.19 bits per heavy atom. The third kappa shape index (κ3) is 3.86. The minimum Gasteiger partial charge on any atom is -0.478 e. The van der Waals surface area contributed by atoms with Gasteiger partial charge in [0.15, 0.2) is 5.82 Å². The maximum absolute atomic E-state index is 14.0. The summed E-state index contributed by atoms with van der Waals surface area (Å²) in [6.07, 6.45) is 1.71. The number of benzene rings is 2. The summed E-state index contributed by atoms with van der Waals surface area (Å²) >= 11 is 0. The number of halogens is 2. The van der Waals surface area contributed by atoms with E-state index in [1.54, 1.807) is 38.1 Å². The van der Waals surface area contributed by atoms with Crippen LogP contribution in [-0.4, -0.2) is 25.8 Å². The second-order valence-electron chi connectivity index (χ2n) is 6.35. The number of aryl methyl sites for hydroxylation is 1. The van der Waals surface area contributed by atoms with Gasteiger partial charge in [-0.15, -0.1) is 5.10 Å². The SMILES string of the molecule is CCCC(F)(F)c1ccc(-n2cnc(-c3ccc(C(=O)O)cc3C)n2)cc1. The standard InChI is InChI=1S/C20H19F2N3O2/c1-3-10-20(21,22)15-5-7-16(8-6-15)25-12-23-18(24-25)17-9-4-14(19(26)27)11-13(17)2/h4-9,11-12H,3,10H2,1-2H3,(H,26,27). The van der Waals surface area contributed by atoms with Crippen LogP contribution in [-0.2, 0) is 5.92 Å². The average molecular weight is 371 g/mol. The molecule has 0 saturated carbocycles. The molecule has 7 heteroatoms. The molecule has 0 unspecified atom stereocenters. The Balaban J connectivity index is 1.87. The number of alkyl halides is 2. The van der Waals surface area contributed by atoms with Gasteiger partial charge in [0.1, 0.15) is 6.33 Å². The van der Waals surface area contributed by atoms with E-state index in [9.17, 15) is 13.6 Å². The number of carboxylic acids is 1. The first-order valence-corrected chi connectivity index (χ1v) is 8.56. The molecule has 1 N–H and O–H groups in total. The molecule has 0 aliphatic carbocycles. The van der Waals surface area contributed by atoms with Gasteiger partial charge in [0.05, 0.1) is 11.3 Å². The number of carboxylic acid groups (broad SMARTS) is 1. The summed E-state index contributed by atoms with van der Waals surface area (Å²) in [4.78, 5) is 15.3. The van der Waals surface area contributed by atoms with Crippen molar-refractivity contribution in [3.63, 3.8) is 0 Å². The monoisotopic (exact) mass is 371 g/mol. The predicted octanol–water partition coefficient (Wildman–Crippen LogP) is 4.83. The molecule has 1 aromatic heterocycles. The summed E-state index contributed by atoms with van der Waals surface area (Å²) in [6, 6.07) is 10.7. The van der Waals surface area contributed by atoms with Crippen molar-refractivity contribution in [3.05, 3.63) is 65.5 Å². The lowest BCUT2D eigenvalue weighted by atomic mass is 10.0. The van der Waals surface area contributed by atoms with Gasteiger partial charge in [-0.1, -0.05) is 25.5 Å². The summed E-state index contributed by atoms with van der Waals surface area (Å²) in [7, 11) is 0. The molecule has 2 aromatic carbocycles. The Kier molecular flexibility index (Phi) is 5.03. The van der Waals surface area contributed by atoms with Crippen LogP contribution in [0.3, 0.4) is 0 Å². The third-order valence-electron chi connectivity index (χ3n) is 4.32. The summed E-state index contributed by atoms with van der Waals surface area (Å²) < 4.78 is 29.4. The van der Waals surface area contributed by atoms with Gasteiger partial charge >= 0.3 is 5.97 Å². The molecule has 0 radical (unpaired) electrons. The van der Waals surface area contributed by atoms with Crippen molar-refractivity contribution in [2.45, 2.75) is 32.6 Å². The smallest absolute Gasteiger partial charge is 0.335 e. The molecule has 5 nitrogen and oxygen atoms in total. The van der Waals surface area contributed by atoms with E-state index < -0.39 is 11.9 Å². The molecular formula is C20H19F2N3O2. The Bertz CT molecular complexity index is 966. The van der Waals surface area contributed by atoms with Gasteiger partial charge in [-0.25, -0.2) is 23.2 Å². The first-order chi connectivity index (χ1) is 12.8. The van der Waals surface area contributed by atoms with Gasteiger partial charge in [-0.05, 0) is 42.8 Å². The molecule has 0 spiro atoms. The first kappa shape index (κ1) is 18.7. The second kappa shape index (κ2) is 7.26. The van der Waals surface area contributed by atoms with Crippen LogP contribution in [0.4, 0.5) is 8.78 Å². The van der Waals surface area contributed by atoms with Crippen molar-refractivity contribution >= 4 is 5.97 Å². The third-order valence-corrected chi connectivity index (χ3v) is 4.32. The van der Waals surface area contributed by atoms with Gasteiger partial charge < -0.3 is 5.11 Å². The predicted molar refractivity (Wildman–Crippen MR) is 97.3 cm³/mol. The van der Waals surface area contributed by atoms with E-state index in [-0.39, 0.29) is 17.5 Å². The van der Waals surface area contributed by atoms with E-state index in [4.69, 9.17) is 5.11 Å². The molecular weight excluding hydrogens is 352 g/mol. The second-order valence-corrected chi connectivity index (χ2v) is 6.35. The van der Waals surface area contributed by atoms with Crippen LogP contribution in [0.15, 0.2) is 48.8 Å². The number of rotatable bonds is 6. The molecule has 0 aliphatic heterocycles. The molecule has 1 heterocycles. The largest absolute Gasteiger partial charge is 0.478 e. The van der Waals surface area contributed by atoms with Gasteiger partial charge in [-0.3, -0.25) is 0 Å². The van der Waals surface area contributed by atoms with E-state index >= 15 is 0 Å². The Labute approximate surface area is 155 Å². The lowest BCUT2D eigenvalue weighted by Crippen LogP contribution is -2.12. The van der Waals surface area contributed by atoms with Crippen LogP contribution in [0.25, 0.3) is 17.1 Å². The summed E-state index contributed by atoms with van der Waals surface area (Å²) in [6.45, 7) is 3.51. The average Bonchev–Trinajstić information content (AvgIpc) is 3.11. The van der Waals surface area contributed by atoms with E-state index in [1.165, 1.54) is 29.2 Å². The number of carbonyl (C=O) groups is 1. The maximum atomic E-state index is 14.0. The highest BCUT2D eigenvalue weighted by atomic mass is 19.3. The summed E-state index contributed by atoms with van der Waals surface area (Å²) in [5, 5.41) is 13.4. The van der Waals surface area contributed by atoms with Crippen LogP contribution in [0.5, 0.6) is 0 Å². The lowest BCUT2D eigenvalue weighted by molar-refractivity contribution is -0.0140. The minimum absolute atomic E-state index is 0.0199. The molecule has 3 aromatic rings. The van der Waals surface area contributed by atoms with Gasteiger partial charge in [-0.2, -0.15) is 0 Å². The molecule has 0 atom stereocenters. The molecule has 27 heavy (non-hydrogen) atoms. The van der Waals surface area contributed by atoms with Gasteiger partial charge in [0.2, 0.25) is 0 Å².